The van der Waals surface area contributed by atoms with E-state index in [9.17, 15) is 19.2 Å². The van der Waals surface area contributed by atoms with Crippen molar-refractivity contribution >= 4 is 46.4 Å². The second kappa shape index (κ2) is 16.3. The number of nitrogens with zero attached hydrogens (tertiary/aromatic N) is 4. The zero-order valence-electron chi connectivity index (χ0n) is 36.1. The molecule has 310 valence electrons. The van der Waals surface area contributed by atoms with Crippen molar-refractivity contribution < 1.29 is 40.9 Å². The molecule has 0 saturated carbocycles. The van der Waals surface area contributed by atoms with E-state index in [-0.39, 0.29) is 47.2 Å². The van der Waals surface area contributed by atoms with E-state index in [2.05, 4.69) is 15.6 Å². The van der Waals surface area contributed by atoms with Gasteiger partial charge in [-0.25, -0.2) is 14.6 Å². The molecular formula is C44H51N7O8. The number of aromatic amines is 1. The van der Waals surface area contributed by atoms with E-state index in [1.807, 2.05) is 81.1 Å². The first-order valence-corrected chi connectivity index (χ1v) is 20.2. The van der Waals surface area contributed by atoms with Gasteiger partial charge in [-0.3, -0.25) is 14.6 Å². The van der Waals surface area contributed by atoms with Crippen LogP contribution in [0.25, 0.3) is 33.3 Å². The molecule has 2 fully saturated rings. The number of carbonyl (C=O) groups excluding carboxylic acids is 4. The average molecular weight is 808 g/mol. The van der Waals surface area contributed by atoms with Gasteiger partial charge in [0.25, 0.3) is 0 Å². The smallest absolute Gasteiger partial charge is 0.407 e. The fraction of sp³-hybridized carbons (Fsp3) is 0.455. The summed E-state index contributed by atoms with van der Waals surface area (Å²) in [6.45, 7) is 6.22. The fourth-order valence-electron chi connectivity index (χ4n) is 8.69. The van der Waals surface area contributed by atoms with Gasteiger partial charge in [0.05, 0.1) is 43.0 Å². The second-order valence-corrected chi connectivity index (χ2v) is 16.2. The minimum Gasteiger partial charge on any atom is -0.453 e. The van der Waals surface area contributed by atoms with Crippen LogP contribution in [0.4, 0.5) is 15.3 Å². The van der Waals surface area contributed by atoms with Crippen LogP contribution in [0.15, 0.2) is 53.5 Å². The number of nitrogens with one attached hydrogen (secondary N) is 3. The maximum atomic E-state index is 13.7. The molecule has 4 aliphatic heterocycles. The Bertz CT molecular complexity index is 2430. The van der Waals surface area contributed by atoms with Gasteiger partial charge in [0.1, 0.15) is 20.6 Å². The van der Waals surface area contributed by atoms with Crippen molar-refractivity contribution in [3.05, 3.63) is 59.9 Å². The predicted octanol–water partition coefficient (Wildman–Crippen LogP) is 6.67. The zero-order valence-corrected chi connectivity index (χ0v) is 34.1. The van der Waals surface area contributed by atoms with Gasteiger partial charge in [-0.1, -0.05) is 45.9 Å². The van der Waals surface area contributed by atoms with Crippen LogP contribution in [0.3, 0.4) is 0 Å². The highest BCUT2D eigenvalue weighted by molar-refractivity contribution is 6.01. The fourth-order valence-corrected chi connectivity index (χ4v) is 8.69. The predicted molar refractivity (Wildman–Crippen MR) is 221 cm³/mol. The van der Waals surface area contributed by atoms with Crippen molar-refractivity contribution in [1.82, 2.24) is 30.4 Å². The lowest BCUT2D eigenvalue weighted by atomic mass is 9.96. The van der Waals surface area contributed by atoms with Crippen LogP contribution >= 0.6 is 0 Å². The molecule has 4 aromatic rings. The number of H-pyrrole nitrogens is 1. The van der Waals surface area contributed by atoms with Crippen molar-refractivity contribution in [2.75, 3.05) is 34.1 Å². The first-order valence-electron chi connectivity index (χ1n) is 21.2. The van der Waals surface area contributed by atoms with Gasteiger partial charge in [-0.15, -0.1) is 0 Å². The molecule has 0 aliphatic carbocycles. The lowest BCUT2D eigenvalue weighted by Gasteiger charge is -2.30. The van der Waals surface area contributed by atoms with Gasteiger partial charge < -0.3 is 44.4 Å². The third kappa shape index (κ3) is 7.54. The molecule has 0 spiro atoms. The van der Waals surface area contributed by atoms with Crippen molar-refractivity contribution in [1.29, 1.82) is 0 Å². The number of benzene rings is 3. The van der Waals surface area contributed by atoms with Crippen molar-refractivity contribution in [2.45, 2.75) is 84.0 Å². The van der Waals surface area contributed by atoms with Gasteiger partial charge >= 0.3 is 12.2 Å². The molecule has 0 unspecified atom stereocenters. The number of carbonyl (C=O) groups is 4. The third-order valence-corrected chi connectivity index (χ3v) is 11.8. The summed E-state index contributed by atoms with van der Waals surface area (Å²) >= 11 is 0. The van der Waals surface area contributed by atoms with E-state index in [1.54, 1.807) is 4.90 Å². The number of hydrogen-bond acceptors (Lipinski definition) is 10. The Hall–Kier alpha value is -6.12. The molecule has 1 aromatic heterocycles. The topological polar surface area (TPSA) is 177 Å². The Labute approximate surface area is 345 Å². The maximum absolute atomic E-state index is 13.7. The number of imidazole rings is 1. The highest BCUT2D eigenvalue weighted by Crippen LogP contribution is 2.49. The Kier molecular flexibility index (Phi) is 10.2. The first kappa shape index (κ1) is 37.2. The van der Waals surface area contributed by atoms with Crippen LogP contribution in [-0.4, -0.2) is 102 Å². The lowest BCUT2D eigenvalue weighted by Crippen LogP contribution is -2.53. The van der Waals surface area contributed by atoms with Crippen LogP contribution in [0.2, 0.25) is 0 Å². The van der Waals surface area contributed by atoms with Crippen molar-refractivity contribution in [2.24, 2.45) is 16.8 Å². The minimum atomic E-state index is -2.41. The summed E-state index contributed by atoms with van der Waals surface area (Å²) in [6, 6.07) is 13.4. The lowest BCUT2D eigenvalue weighted by molar-refractivity contribution is -0.135. The monoisotopic (exact) mass is 807 g/mol. The summed E-state index contributed by atoms with van der Waals surface area (Å²) in [6.07, 6.45) is 2.36. The number of methoxy groups -OCH3 is 2. The van der Waals surface area contributed by atoms with Crippen LogP contribution in [0, 0.1) is 11.8 Å². The maximum Gasteiger partial charge on any atom is 0.407 e. The largest absolute Gasteiger partial charge is 0.453 e. The summed E-state index contributed by atoms with van der Waals surface area (Å²) in [5.41, 5.74) is 6.86. The van der Waals surface area contributed by atoms with Gasteiger partial charge in [0, 0.05) is 36.3 Å². The minimum absolute atomic E-state index is 0.140. The van der Waals surface area contributed by atoms with E-state index >= 15 is 0 Å². The molecule has 5 heterocycles. The molecule has 0 bridgehead atoms. The summed E-state index contributed by atoms with van der Waals surface area (Å²) in [5, 5.41) is 5.39. The molecule has 4 aliphatic rings. The summed E-state index contributed by atoms with van der Waals surface area (Å²) in [4.78, 5) is 68.5. The van der Waals surface area contributed by atoms with E-state index in [1.165, 1.54) is 14.2 Å². The van der Waals surface area contributed by atoms with E-state index < -0.39 is 31.0 Å². The Balaban J connectivity index is 1.06. The molecule has 4 amide bonds. The number of fused-ring (bicyclic) bond motifs is 3. The number of likely N-dealkylation sites (tertiary alicyclic amines) is 2. The molecule has 2 saturated heterocycles. The Morgan fingerprint density at radius 3 is 1.95 bits per heavy atom. The summed E-state index contributed by atoms with van der Waals surface area (Å²) in [7, 11) is 2.55. The van der Waals surface area contributed by atoms with Crippen LogP contribution in [-0.2, 0) is 25.5 Å². The van der Waals surface area contributed by atoms with Crippen LogP contribution < -0.4 is 20.1 Å². The number of hydrogen-bond donors (Lipinski definition) is 3. The standard InChI is InChI=1S/C44H51N7O8/c1-23(2)36(48-43(54)56-5)41(52)50-17-7-9-34(50)33-21-27-12-11-25(19-31(27)45-33)28-14-15-29(39-38(28)58-22-59-39)26-13-16-30-32(20-26)47-40(46-30)35-10-8-18-51(35)42(53)37(24(3)4)49-44(55)57-6/h11-16,19-20,23-24,34-37H,7-10,17-18,21-22H2,1-6H3,(H,46,47)(H,48,54)(H,49,55)/t34-,35-,36-,37-/m0/s1/i22D2. The summed E-state index contributed by atoms with van der Waals surface area (Å²) in [5.74, 6) is 0.516. The molecule has 8 rings (SSSR count). The Morgan fingerprint density at radius 2 is 1.36 bits per heavy atom. The first-order chi connectivity index (χ1) is 29.2. The molecule has 59 heavy (non-hydrogen) atoms. The number of aromatic nitrogens is 2. The van der Waals surface area contributed by atoms with Crippen molar-refractivity contribution in [3.8, 4) is 33.8 Å². The molecule has 15 nitrogen and oxygen atoms in total. The van der Waals surface area contributed by atoms with E-state index in [4.69, 9.17) is 31.7 Å². The van der Waals surface area contributed by atoms with E-state index in [0.29, 0.717) is 48.4 Å². The quantitative estimate of drug-likeness (QED) is 0.158. The molecule has 0 radical (unpaired) electrons. The zero-order chi connectivity index (χ0) is 43.3. The van der Waals surface area contributed by atoms with Gasteiger partial charge in [-0.05, 0) is 84.5 Å². The highest BCUT2D eigenvalue weighted by Gasteiger charge is 2.40. The van der Waals surface area contributed by atoms with Crippen LogP contribution in [0.1, 0.15) is 73.5 Å². The average Bonchev–Trinajstić information content (AvgIpc) is 4.08. The Morgan fingerprint density at radius 1 is 0.797 bits per heavy atom. The normalized spacial score (nSPS) is 20.6. The number of alkyl carbamates (subject to hydrolysis) is 2. The van der Waals surface area contributed by atoms with Crippen LogP contribution in [0.5, 0.6) is 11.5 Å². The number of amides is 4. The SMILES string of the molecule is [2H]C1([2H])Oc2c(-c3ccc4c(c3)N=C([C@@H]3CCCN3C(=O)[C@@H](NC(=O)OC)C(C)C)C4)ccc(-c3ccc4nc([C@@H]5CCCN5C(=O)[C@@H](NC(=O)OC)C(C)C)[nH]c4c3)c2O1. The van der Waals surface area contributed by atoms with Gasteiger partial charge in [0.15, 0.2) is 11.5 Å². The van der Waals surface area contributed by atoms with Crippen molar-refractivity contribution in [3.63, 3.8) is 0 Å². The molecule has 15 heteroatoms. The number of ether oxygens (including phenoxy) is 4. The molecular weight excluding hydrogens is 755 g/mol. The third-order valence-electron chi connectivity index (χ3n) is 11.8. The second-order valence-electron chi connectivity index (χ2n) is 16.2. The molecule has 3 aromatic carbocycles. The number of aliphatic imine (C=N–C) groups is 1. The highest BCUT2D eigenvalue weighted by atomic mass is 16.7. The number of rotatable bonds is 10. The van der Waals surface area contributed by atoms with Gasteiger partial charge in [-0.2, -0.15) is 0 Å². The molecule has 4 atom stereocenters. The molecule has 3 N–H and O–H groups in total. The summed E-state index contributed by atoms with van der Waals surface area (Å²) < 4.78 is 38.1. The van der Waals surface area contributed by atoms with Gasteiger partial charge in [0.2, 0.25) is 18.6 Å². The van der Waals surface area contributed by atoms with E-state index in [0.717, 1.165) is 52.9 Å².